The summed E-state index contributed by atoms with van der Waals surface area (Å²) < 4.78 is 0. The molecule has 0 saturated heterocycles. The maximum Gasteiger partial charge on any atom is 0.0545 e. The van der Waals surface area contributed by atoms with Gasteiger partial charge in [-0.1, -0.05) is 37.6 Å². The maximum atomic E-state index is 6.20. The molecule has 17 heavy (non-hydrogen) atoms. The Balaban J connectivity index is 2.56. The maximum absolute atomic E-state index is 6.20. The zero-order valence-electron chi connectivity index (χ0n) is 10.6. The Morgan fingerprint density at radius 3 is 2.59 bits per heavy atom. The van der Waals surface area contributed by atoms with Crippen molar-refractivity contribution in [3.8, 4) is 0 Å². The lowest BCUT2D eigenvalue weighted by Gasteiger charge is -2.18. The molecule has 2 N–H and O–H groups in total. The van der Waals surface area contributed by atoms with E-state index in [2.05, 4.69) is 18.7 Å². The van der Waals surface area contributed by atoms with Gasteiger partial charge in [-0.2, -0.15) is 0 Å². The van der Waals surface area contributed by atoms with Crippen LogP contribution in [0, 0.1) is 0 Å². The third-order valence-electron chi connectivity index (χ3n) is 2.82. The highest BCUT2D eigenvalue weighted by molar-refractivity contribution is 7.99. The molecule has 1 aromatic carbocycles. The van der Waals surface area contributed by atoms with E-state index in [1.165, 1.54) is 0 Å². The molecule has 0 heterocycles. The van der Waals surface area contributed by atoms with E-state index < -0.39 is 0 Å². The van der Waals surface area contributed by atoms with Crippen molar-refractivity contribution in [2.24, 2.45) is 5.73 Å². The number of hydrogen-bond acceptors (Lipinski definition) is 3. The van der Waals surface area contributed by atoms with Gasteiger partial charge in [0.15, 0.2) is 0 Å². The van der Waals surface area contributed by atoms with E-state index in [1.54, 1.807) is 11.8 Å². The predicted molar refractivity (Wildman–Crippen MR) is 77.9 cm³/mol. The molecule has 0 unspecified atom stereocenters. The van der Waals surface area contributed by atoms with Gasteiger partial charge >= 0.3 is 0 Å². The van der Waals surface area contributed by atoms with E-state index in [0.29, 0.717) is 6.54 Å². The van der Waals surface area contributed by atoms with Crippen LogP contribution in [0.25, 0.3) is 0 Å². The Hall–Kier alpha value is -0.220. The quantitative estimate of drug-likeness (QED) is 0.773. The average molecular weight is 273 g/mol. The van der Waals surface area contributed by atoms with Crippen LogP contribution in [-0.2, 0) is 6.54 Å². The van der Waals surface area contributed by atoms with Gasteiger partial charge in [0.1, 0.15) is 0 Å². The summed E-state index contributed by atoms with van der Waals surface area (Å²) in [6.07, 6.45) is 0. The molecule has 96 valence electrons. The van der Waals surface area contributed by atoms with Gasteiger partial charge in [0.25, 0.3) is 0 Å². The highest BCUT2D eigenvalue weighted by Gasteiger charge is 2.07. The van der Waals surface area contributed by atoms with Crippen LogP contribution in [0.2, 0.25) is 5.02 Å². The summed E-state index contributed by atoms with van der Waals surface area (Å²) in [4.78, 5) is 3.55. The van der Waals surface area contributed by atoms with E-state index in [0.717, 1.165) is 40.9 Å². The summed E-state index contributed by atoms with van der Waals surface area (Å²) in [5.41, 5.74) is 6.86. The summed E-state index contributed by atoms with van der Waals surface area (Å²) in [7, 11) is 0. The molecule has 0 atom stereocenters. The van der Waals surface area contributed by atoms with E-state index in [-0.39, 0.29) is 0 Å². The minimum atomic E-state index is 0.550. The number of halogens is 1. The fourth-order valence-corrected chi connectivity index (χ4v) is 3.15. The van der Waals surface area contributed by atoms with Gasteiger partial charge in [-0.15, -0.1) is 11.8 Å². The Morgan fingerprint density at radius 1 is 1.29 bits per heavy atom. The number of rotatable bonds is 7. The van der Waals surface area contributed by atoms with Crippen molar-refractivity contribution >= 4 is 23.4 Å². The normalized spacial score (nSPS) is 11.1. The van der Waals surface area contributed by atoms with Gasteiger partial charge in [-0.25, -0.2) is 0 Å². The summed E-state index contributed by atoms with van der Waals surface area (Å²) in [6, 6.07) is 5.94. The lowest BCUT2D eigenvalue weighted by molar-refractivity contribution is 0.324. The van der Waals surface area contributed by atoms with Crippen LogP contribution in [-0.4, -0.2) is 30.3 Å². The molecule has 0 amide bonds. The van der Waals surface area contributed by atoms with E-state index in [1.807, 2.05) is 18.2 Å². The van der Waals surface area contributed by atoms with Crippen molar-refractivity contribution in [3.63, 3.8) is 0 Å². The molecule has 0 spiro atoms. The number of hydrogen-bond donors (Lipinski definition) is 1. The Labute approximate surface area is 114 Å². The molecule has 1 rings (SSSR count). The fourth-order valence-electron chi connectivity index (χ4n) is 1.69. The van der Waals surface area contributed by atoms with Crippen LogP contribution in [0.5, 0.6) is 0 Å². The first-order valence-corrected chi connectivity index (χ1v) is 7.41. The minimum absolute atomic E-state index is 0.550. The molecule has 0 aliphatic rings. The largest absolute Gasteiger partial charge is 0.326 e. The zero-order valence-corrected chi connectivity index (χ0v) is 12.2. The van der Waals surface area contributed by atoms with Gasteiger partial charge in [-0.3, -0.25) is 0 Å². The standard InChI is InChI=1S/C13H21ClN2S/c1-3-16(4-2)8-9-17-13-11(10-15)6-5-7-12(13)14/h5-7H,3-4,8-10,15H2,1-2H3. The van der Waals surface area contributed by atoms with Crippen molar-refractivity contribution < 1.29 is 0 Å². The van der Waals surface area contributed by atoms with Gasteiger partial charge in [-0.05, 0) is 24.7 Å². The fraction of sp³-hybridized carbons (Fsp3) is 0.538. The Bertz CT molecular complexity index is 340. The molecule has 0 saturated carbocycles. The van der Waals surface area contributed by atoms with Crippen molar-refractivity contribution in [2.75, 3.05) is 25.4 Å². The molecule has 0 bridgehead atoms. The van der Waals surface area contributed by atoms with Crippen LogP contribution >= 0.6 is 23.4 Å². The van der Waals surface area contributed by atoms with Crippen molar-refractivity contribution in [1.29, 1.82) is 0 Å². The summed E-state index contributed by atoms with van der Waals surface area (Å²) in [5.74, 6) is 1.05. The van der Waals surface area contributed by atoms with E-state index in [4.69, 9.17) is 17.3 Å². The van der Waals surface area contributed by atoms with Gasteiger partial charge in [0, 0.05) is 23.7 Å². The number of benzene rings is 1. The molecule has 2 nitrogen and oxygen atoms in total. The van der Waals surface area contributed by atoms with E-state index >= 15 is 0 Å². The minimum Gasteiger partial charge on any atom is -0.326 e. The van der Waals surface area contributed by atoms with Crippen LogP contribution in [0.4, 0.5) is 0 Å². The first kappa shape index (κ1) is 14.8. The summed E-state index contributed by atoms with van der Waals surface area (Å²) in [5, 5.41) is 0.817. The van der Waals surface area contributed by atoms with Crippen molar-refractivity contribution in [1.82, 2.24) is 4.90 Å². The van der Waals surface area contributed by atoms with E-state index in [9.17, 15) is 0 Å². The second-order valence-electron chi connectivity index (χ2n) is 3.81. The van der Waals surface area contributed by atoms with Crippen LogP contribution in [0.1, 0.15) is 19.4 Å². The highest BCUT2D eigenvalue weighted by atomic mass is 35.5. The smallest absolute Gasteiger partial charge is 0.0545 e. The lowest BCUT2D eigenvalue weighted by Crippen LogP contribution is -2.25. The summed E-state index contributed by atoms with van der Waals surface area (Å²) in [6.45, 7) is 8.22. The topological polar surface area (TPSA) is 29.3 Å². The average Bonchev–Trinajstić information content (AvgIpc) is 2.36. The number of thioether (sulfide) groups is 1. The molecule has 4 heteroatoms. The second-order valence-corrected chi connectivity index (χ2v) is 5.32. The first-order valence-electron chi connectivity index (χ1n) is 6.05. The molecular formula is C13H21ClN2S. The molecule has 0 radical (unpaired) electrons. The zero-order chi connectivity index (χ0) is 12.7. The lowest BCUT2D eigenvalue weighted by atomic mass is 10.2. The molecule has 0 aliphatic carbocycles. The van der Waals surface area contributed by atoms with Gasteiger partial charge < -0.3 is 10.6 Å². The van der Waals surface area contributed by atoms with Gasteiger partial charge in [0.05, 0.1) is 5.02 Å². The molecule has 1 aromatic rings. The third-order valence-corrected chi connectivity index (χ3v) is 4.40. The molecule has 0 aromatic heterocycles. The first-order chi connectivity index (χ1) is 8.22. The van der Waals surface area contributed by atoms with Crippen LogP contribution < -0.4 is 5.73 Å². The molecular weight excluding hydrogens is 252 g/mol. The van der Waals surface area contributed by atoms with Crippen LogP contribution in [0.15, 0.2) is 23.1 Å². The second kappa shape index (κ2) is 7.98. The SMILES string of the molecule is CCN(CC)CCSc1c(Cl)cccc1CN. The van der Waals surface area contributed by atoms with Crippen LogP contribution in [0.3, 0.4) is 0 Å². The highest BCUT2D eigenvalue weighted by Crippen LogP contribution is 2.30. The Kier molecular flexibility index (Phi) is 6.97. The monoisotopic (exact) mass is 272 g/mol. The van der Waals surface area contributed by atoms with Crippen molar-refractivity contribution in [2.45, 2.75) is 25.3 Å². The molecule has 0 aliphatic heterocycles. The number of nitrogens with zero attached hydrogens (tertiary/aromatic N) is 1. The third kappa shape index (κ3) is 4.51. The summed E-state index contributed by atoms with van der Waals surface area (Å²) >= 11 is 8.00. The Morgan fingerprint density at radius 2 is 2.00 bits per heavy atom. The predicted octanol–water partition coefficient (Wildman–Crippen LogP) is 3.23. The van der Waals surface area contributed by atoms with Crippen molar-refractivity contribution in [3.05, 3.63) is 28.8 Å². The molecule has 0 fully saturated rings. The number of nitrogens with two attached hydrogens (primary N) is 1. The van der Waals surface area contributed by atoms with Gasteiger partial charge in [0.2, 0.25) is 0 Å².